The molecule has 0 aliphatic carbocycles. The van der Waals surface area contributed by atoms with Gasteiger partial charge in [0.1, 0.15) is 0 Å². The summed E-state index contributed by atoms with van der Waals surface area (Å²) in [6, 6.07) is 5.66. The van der Waals surface area contributed by atoms with Crippen LogP contribution in [-0.2, 0) is 4.79 Å². The molecule has 1 atom stereocenters. The molecule has 1 aliphatic rings. The molecule has 0 radical (unpaired) electrons. The molecule has 3 nitrogen and oxygen atoms in total. The summed E-state index contributed by atoms with van der Waals surface area (Å²) in [5, 5.41) is 6.84. The van der Waals surface area contributed by atoms with Crippen LogP contribution in [-0.4, -0.2) is 18.0 Å². The number of carbonyl (C=O) groups excluding carboxylic acids is 1. The van der Waals surface area contributed by atoms with Gasteiger partial charge in [-0.25, -0.2) is 0 Å². The topological polar surface area (TPSA) is 41.1 Å². The van der Waals surface area contributed by atoms with Gasteiger partial charge < -0.3 is 10.6 Å². The second-order valence-corrected chi connectivity index (χ2v) is 5.31. The van der Waals surface area contributed by atoms with E-state index in [1.165, 1.54) is 0 Å². The standard InChI is InChI=1S/C14H19ClN2O.ClH/c1-3-14(7-4-8-16-14)13(18)17-12-6-5-10(2)9-11(12)15;/h5-6,9,16H,3-4,7-8H2,1-2H3,(H,17,18);1H. The number of hydrogen-bond donors (Lipinski definition) is 2. The van der Waals surface area contributed by atoms with Crippen molar-refractivity contribution in [1.29, 1.82) is 0 Å². The van der Waals surface area contributed by atoms with Gasteiger partial charge in [0.05, 0.1) is 16.2 Å². The Morgan fingerprint density at radius 3 is 2.79 bits per heavy atom. The second-order valence-electron chi connectivity index (χ2n) is 4.90. The third-order valence-corrected chi connectivity index (χ3v) is 3.97. The maximum atomic E-state index is 12.4. The van der Waals surface area contributed by atoms with Gasteiger partial charge in [-0.2, -0.15) is 0 Å². The molecule has 1 fully saturated rings. The van der Waals surface area contributed by atoms with Gasteiger partial charge in [0.2, 0.25) is 5.91 Å². The molecule has 0 aromatic heterocycles. The van der Waals surface area contributed by atoms with Crippen molar-refractivity contribution >= 4 is 35.6 Å². The highest BCUT2D eigenvalue weighted by Gasteiger charge is 2.39. The molecular weight excluding hydrogens is 283 g/mol. The number of halogens is 2. The van der Waals surface area contributed by atoms with E-state index < -0.39 is 5.54 Å². The van der Waals surface area contributed by atoms with Gasteiger partial charge in [-0.3, -0.25) is 4.79 Å². The quantitative estimate of drug-likeness (QED) is 0.896. The lowest BCUT2D eigenvalue weighted by Gasteiger charge is -2.26. The lowest BCUT2D eigenvalue weighted by molar-refractivity contribution is -0.122. The molecule has 2 N–H and O–H groups in total. The van der Waals surface area contributed by atoms with Crippen molar-refractivity contribution in [2.75, 3.05) is 11.9 Å². The fraction of sp³-hybridized carbons (Fsp3) is 0.500. The monoisotopic (exact) mass is 302 g/mol. The molecule has 1 aliphatic heterocycles. The number of benzene rings is 1. The van der Waals surface area contributed by atoms with Crippen LogP contribution in [0.5, 0.6) is 0 Å². The SMILES string of the molecule is CCC1(C(=O)Nc2ccc(C)cc2Cl)CCCN1.Cl. The summed E-state index contributed by atoms with van der Waals surface area (Å²) in [5.41, 5.74) is 1.35. The Hall–Kier alpha value is -0.770. The highest BCUT2D eigenvalue weighted by molar-refractivity contribution is 6.33. The molecule has 5 heteroatoms. The number of amides is 1. The summed E-state index contributed by atoms with van der Waals surface area (Å²) in [7, 11) is 0. The zero-order valence-electron chi connectivity index (χ0n) is 11.3. The molecule has 19 heavy (non-hydrogen) atoms. The Bertz CT molecular complexity index is 457. The van der Waals surface area contributed by atoms with Crippen LogP contribution in [0.1, 0.15) is 31.7 Å². The highest BCUT2D eigenvalue weighted by atomic mass is 35.5. The molecule has 2 rings (SSSR count). The van der Waals surface area contributed by atoms with Gasteiger partial charge >= 0.3 is 0 Å². The predicted molar refractivity (Wildman–Crippen MR) is 82.3 cm³/mol. The zero-order valence-corrected chi connectivity index (χ0v) is 12.8. The molecule has 1 saturated heterocycles. The normalized spacial score (nSPS) is 21.8. The average molecular weight is 303 g/mol. The Morgan fingerprint density at radius 1 is 1.53 bits per heavy atom. The van der Waals surface area contributed by atoms with Crippen LogP contribution in [0.15, 0.2) is 18.2 Å². The van der Waals surface area contributed by atoms with Crippen molar-refractivity contribution in [3.63, 3.8) is 0 Å². The molecule has 0 bridgehead atoms. The van der Waals surface area contributed by atoms with Crippen LogP contribution >= 0.6 is 24.0 Å². The number of rotatable bonds is 3. The van der Waals surface area contributed by atoms with Crippen molar-refractivity contribution in [3.8, 4) is 0 Å². The molecule has 106 valence electrons. The Morgan fingerprint density at radius 2 is 2.26 bits per heavy atom. The summed E-state index contributed by atoms with van der Waals surface area (Å²) >= 11 is 6.13. The number of carbonyl (C=O) groups is 1. The largest absolute Gasteiger partial charge is 0.323 e. The summed E-state index contributed by atoms with van der Waals surface area (Å²) in [5.74, 6) is 0.0215. The van der Waals surface area contributed by atoms with E-state index in [2.05, 4.69) is 10.6 Å². The first-order chi connectivity index (χ1) is 8.57. The molecule has 1 heterocycles. The fourth-order valence-corrected chi connectivity index (χ4v) is 2.71. The van der Waals surface area contributed by atoms with Crippen LogP contribution < -0.4 is 10.6 Å². The molecule has 0 saturated carbocycles. The summed E-state index contributed by atoms with van der Waals surface area (Å²) < 4.78 is 0. The van der Waals surface area contributed by atoms with Crippen molar-refractivity contribution in [2.24, 2.45) is 0 Å². The maximum Gasteiger partial charge on any atom is 0.244 e. The molecule has 1 unspecified atom stereocenters. The first-order valence-electron chi connectivity index (χ1n) is 6.40. The number of nitrogens with one attached hydrogen (secondary N) is 2. The van der Waals surface area contributed by atoms with Gasteiger partial charge in [0.15, 0.2) is 0 Å². The van der Waals surface area contributed by atoms with E-state index in [1.807, 2.05) is 32.0 Å². The van der Waals surface area contributed by atoms with Crippen LogP contribution in [0.25, 0.3) is 0 Å². The predicted octanol–water partition coefficient (Wildman–Crippen LogP) is 3.54. The van der Waals surface area contributed by atoms with E-state index in [4.69, 9.17) is 11.6 Å². The number of anilines is 1. The van der Waals surface area contributed by atoms with Crippen molar-refractivity contribution in [1.82, 2.24) is 5.32 Å². The minimum atomic E-state index is -0.422. The van der Waals surface area contributed by atoms with E-state index in [1.54, 1.807) is 0 Å². The van der Waals surface area contributed by atoms with Crippen LogP contribution in [0.4, 0.5) is 5.69 Å². The third kappa shape index (κ3) is 3.41. The molecule has 0 spiro atoms. The second kappa shape index (κ2) is 6.60. The van der Waals surface area contributed by atoms with E-state index in [-0.39, 0.29) is 18.3 Å². The van der Waals surface area contributed by atoms with Gasteiger partial charge in [0, 0.05) is 0 Å². The van der Waals surface area contributed by atoms with Gasteiger partial charge in [0.25, 0.3) is 0 Å². The smallest absolute Gasteiger partial charge is 0.244 e. The van der Waals surface area contributed by atoms with Gasteiger partial charge in [-0.1, -0.05) is 24.6 Å². The van der Waals surface area contributed by atoms with Crippen LogP contribution in [0.2, 0.25) is 5.02 Å². The summed E-state index contributed by atoms with van der Waals surface area (Å²) in [4.78, 5) is 12.4. The average Bonchev–Trinajstić information content (AvgIpc) is 2.82. The Kier molecular flexibility index (Phi) is 5.65. The summed E-state index contributed by atoms with van der Waals surface area (Å²) in [6.45, 7) is 4.92. The number of aryl methyl sites for hydroxylation is 1. The Labute approximate surface area is 125 Å². The Balaban J connectivity index is 0.00000180. The molecular formula is C14H20Cl2N2O. The van der Waals surface area contributed by atoms with E-state index in [0.29, 0.717) is 10.7 Å². The van der Waals surface area contributed by atoms with Crippen LogP contribution in [0.3, 0.4) is 0 Å². The molecule has 1 aromatic carbocycles. The van der Waals surface area contributed by atoms with Gasteiger partial charge in [-0.05, 0) is 50.4 Å². The first-order valence-corrected chi connectivity index (χ1v) is 6.78. The van der Waals surface area contributed by atoms with Crippen LogP contribution in [0, 0.1) is 6.92 Å². The lowest BCUT2D eigenvalue weighted by Crippen LogP contribution is -2.50. The van der Waals surface area contributed by atoms with Crippen molar-refractivity contribution in [3.05, 3.63) is 28.8 Å². The van der Waals surface area contributed by atoms with E-state index in [9.17, 15) is 4.79 Å². The van der Waals surface area contributed by atoms with Crippen molar-refractivity contribution < 1.29 is 4.79 Å². The fourth-order valence-electron chi connectivity index (χ4n) is 2.43. The zero-order chi connectivity index (χ0) is 13.2. The minimum absolute atomic E-state index is 0. The van der Waals surface area contributed by atoms with E-state index >= 15 is 0 Å². The number of hydrogen-bond acceptors (Lipinski definition) is 2. The minimum Gasteiger partial charge on any atom is -0.323 e. The third-order valence-electron chi connectivity index (χ3n) is 3.65. The van der Waals surface area contributed by atoms with Gasteiger partial charge in [-0.15, -0.1) is 12.4 Å². The summed E-state index contributed by atoms with van der Waals surface area (Å²) in [6.07, 6.45) is 2.73. The molecule has 1 amide bonds. The highest BCUT2D eigenvalue weighted by Crippen LogP contribution is 2.28. The van der Waals surface area contributed by atoms with E-state index in [0.717, 1.165) is 31.4 Å². The molecule has 1 aromatic rings. The first kappa shape index (κ1) is 16.3. The maximum absolute atomic E-state index is 12.4. The lowest BCUT2D eigenvalue weighted by atomic mass is 9.93. The van der Waals surface area contributed by atoms with Crippen molar-refractivity contribution in [2.45, 2.75) is 38.6 Å².